The number of amides is 3. The molecule has 1 rings (SSSR count). The first-order chi connectivity index (χ1) is 15.5. The van der Waals surface area contributed by atoms with Gasteiger partial charge in [-0.3, -0.25) is 19.2 Å². The van der Waals surface area contributed by atoms with E-state index in [4.69, 9.17) is 10.8 Å². The Kier molecular flexibility index (Phi) is 12.2. The zero-order valence-electron chi connectivity index (χ0n) is 19.4. The third-order valence-corrected chi connectivity index (χ3v) is 6.03. The average molecular weight is 489 g/mol. The number of thioether (sulfide) groups is 1. The van der Waals surface area contributed by atoms with E-state index >= 15 is 0 Å². The number of carboxylic acid groups (broad SMARTS) is 2. The molecule has 0 aliphatic carbocycles. The van der Waals surface area contributed by atoms with Crippen molar-refractivity contribution in [2.45, 2.75) is 76.5 Å². The first-order valence-electron chi connectivity index (χ1n) is 11.1. The van der Waals surface area contributed by atoms with E-state index < -0.39 is 60.2 Å². The molecule has 0 unspecified atom stereocenters. The summed E-state index contributed by atoms with van der Waals surface area (Å²) in [6.07, 6.45) is 2.92. The van der Waals surface area contributed by atoms with Crippen molar-refractivity contribution in [2.24, 2.45) is 11.7 Å². The van der Waals surface area contributed by atoms with Crippen molar-refractivity contribution in [3.8, 4) is 0 Å². The van der Waals surface area contributed by atoms with Gasteiger partial charge in [0, 0.05) is 13.0 Å². The van der Waals surface area contributed by atoms with E-state index in [0.29, 0.717) is 38.0 Å². The first-order valence-corrected chi connectivity index (χ1v) is 12.5. The lowest BCUT2D eigenvalue weighted by Crippen LogP contribution is -2.57. The smallest absolute Gasteiger partial charge is 0.326 e. The quantitative estimate of drug-likeness (QED) is 0.225. The summed E-state index contributed by atoms with van der Waals surface area (Å²) < 4.78 is 0. The third-order valence-electron chi connectivity index (χ3n) is 5.39. The number of rotatable bonds is 14. The highest BCUT2D eigenvalue weighted by Gasteiger charge is 2.39. The SMILES string of the molecule is CSCC[C@H](NC(=O)[C@@H](N)CC(C)C)C(=O)N1CCC[C@H]1C(=O)N[C@@H](CCC(=O)O)C(=O)O. The Morgan fingerprint density at radius 3 is 2.30 bits per heavy atom. The second kappa shape index (κ2) is 14.0. The highest BCUT2D eigenvalue weighted by Crippen LogP contribution is 2.20. The zero-order chi connectivity index (χ0) is 25.1. The monoisotopic (exact) mass is 488 g/mol. The Morgan fingerprint density at radius 2 is 1.76 bits per heavy atom. The topological polar surface area (TPSA) is 179 Å². The third kappa shape index (κ3) is 9.58. The van der Waals surface area contributed by atoms with Gasteiger partial charge in [-0.2, -0.15) is 11.8 Å². The summed E-state index contributed by atoms with van der Waals surface area (Å²) in [6.45, 7) is 4.18. The van der Waals surface area contributed by atoms with E-state index in [1.807, 2.05) is 20.1 Å². The van der Waals surface area contributed by atoms with Crippen LogP contribution < -0.4 is 16.4 Å². The number of hydrogen-bond acceptors (Lipinski definition) is 7. The van der Waals surface area contributed by atoms with Crippen LogP contribution in [-0.2, 0) is 24.0 Å². The molecule has 0 spiro atoms. The number of aliphatic carboxylic acids is 2. The van der Waals surface area contributed by atoms with E-state index in [1.54, 1.807) is 0 Å². The van der Waals surface area contributed by atoms with Gasteiger partial charge in [-0.15, -0.1) is 0 Å². The van der Waals surface area contributed by atoms with E-state index in [0.717, 1.165) is 0 Å². The lowest BCUT2D eigenvalue weighted by atomic mass is 10.0. The second-order valence-electron chi connectivity index (χ2n) is 8.60. The van der Waals surface area contributed by atoms with Gasteiger partial charge < -0.3 is 31.5 Å². The van der Waals surface area contributed by atoms with Crippen LogP contribution in [0.5, 0.6) is 0 Å². The van der Waals surface area contributed by atoms with Gasteiger partial charge in [-0.1, -0.05) is 13.8 Å². The lowest BCUT2D eigenvalue weighted by Gasteiger charge is -2.30. The summed E-state index contributed by atoms with van der Waals surface area (Å²) >= 11 is 1.52. The predicted octanol–water partition coefficient (Wildman–Crippen LogP) is 0.0229. The van der Waals surface area contributed by atoms with Gasteiger partial charge >= 0.3 is 11.9 Å². The van der Waals surface area contributed by atoms with Crippen LogP contribution in [0.1, 0.15) is 52.4 Å². The maximum Gasteiger partial charge on any atom is 0.326 e. The van der Waals surface area contributed by atoms with E-state index in [2.05, 4.69) is 10.6 Å². The van der Waals surface area contributed by atoms with Crippen molar-refractivity contribution in [1.29, 1.82) is 0 Å². The number of hydrogen-bond donors (Lipinski definition) is 5. The summed E-state index contributed by atoms with van der Waals surface area (Å²) in [5, 5.41) is 23.2. The minimum Gasteiger partial charge on any atom is -0.481 e. The molecule has 12 heteroatoms. The molecule has 1 heterocycles. The number of carboxylic acids is 2. The Morgan fingerprint density at radius 1 is 1.09 bits per heavy atom. The van der Waals surface area contributed by atoms with Crippen LogP contribution in [0, 0.1) is 5.92 Å². The fourth-order valence-electron chi connectivity index (χ4n) is 3.68. The van der Waals surface area contributed by atoms with Crippen LogP contribution in [0.15, 0.2) is 0 Å². The molecule has 33 heavy (non-hydrogen) atoms. The molecule has 188 valence electrons. The molecule has 1 aliphatic heterocycles. The van der Waals surface area contributed by atoms with Gasteiger partial charge in [-0.25, -0.2) is 4.79 Å². The molecule has 4 atom stereocenters. The van der Waals surface area contributed by atoms with Crippen LogP contribution >= 0.6 is 11.8 Å². The van der Waals surface area contributed by atoms with Crippen molar-refractivity contribution < 1.29 is 34.2 Å². The van der Waals surface area contributed by atoms with Crippen molar-refractivity contribution in [2.75, 3.05) is 18.6 Å². The first kappa shape index (κ1) is 28.7. The Labute approximate surface area is 198 Å². The van der Waals surface area contributed by atoms with Crippen molar-refractivity contribution in [3.05, 3.63) is 0 Å². The number of nitrogens with two attached hydrogens (primary N) is 1. The maximum absolute atomic E-state index is 13.3. The van der Waals surface area contributed by atoms with Gasteiger partial charge in [-0.05, 0) is 50.0 Å². The standard InChI is InChI=1S/C21H36N4O7S/c1-12(2)11-13(22)18(28)23-14(8-10-33-3)20(30)25-9-4-5-16(25)19(29)24-15(21(31)32)6-7-17(26)27/h12-16H,4-11,22H2,1-3H3,(H,23,28)(H,24,29)(H,26,27)(H,31,32)/t13-,14-,15-,16-/m0/s1. The molecule has 0 saturated carbocycles. The maximum atomic E-state index is 13.3. The molecule has 11 nitrogen and oxygen atoms in total. The Balaban J connectivity index is 2.91. The minimum atomic E-state index is -1.37. The van der Waals surface area contributed by atoms with E-state index in [1.165, 1.54) is 16.7 Å². The molecular formula is C21H36N4O7S. The Hall–Kier alpha value is -2.34. The van der Waals surface area contributed by atoms with E-state index in [-0.39, 0.29) is 12.3 Å². The fraction of sp³-hybridized carbons (Fsp3) is 0.762. The molecule has 1 fully saturated rings. The van der Waals surface area contributed by atoms with Crippen LogP contribution in [0.25, 0.3) is 0 Å². The highest BCUT2D eigenvalue weighted by molar-refractivity contribution is 7.98. The number of carbonyl (C=O) groups excluding carboxylic acids is 3. The molecular weight excluding hydrogens is 452 g/mol. The van der Waals surface area contributed by atoms with Crippen LogP contribution in [0.4, 0.5) is 0 Å². The molecule has 0 aromatic rings. The summed E-state index contributed by atoms with van der Waals surface area (Å²) in [4.78, 5) is 62.1. The Bertz CT molecular complexity index is 719. The largest absolute Gasteiger partial charge is 0.481 e. The average Bonchev–Trinajstić information content (AvgIpc) is 3.22. The number of nitrogens with one attached hydrogen (secondary N) is 2. The molecule has 3 amide bonds. The zero-order valence-corrected chi connectivity index (χ0v) is 20.2. The molecule has 0 radical (unpaired) electrons. The molecule has 1 aliphatic rings. The minimum absolute atomic E-state index is 0.209. The van der Waals surface area contributed by atoms with Gasteiger partial charge in [0.25, 0.3) is 0 Å². The predicted molar refractivity (Wildman–Crippen MR) is 124 cm³/mol. The van der Waals surface area contributed by atoms with Gasteiger partial charge in [0.1, 0.15) is 18.1 Å². The number of carbonyl (C=O) groups is 5. The summed E-state index contributed by atoms with van der Waals surface area (Å²) in [7, 11) is 0. The molecule has 1 saturated heterocycles. The number of likely N-dealkylation sites (tertiary alicyclic amines) is 1. The number of nitrogens with zero attached hydrogens (tertiary/aromatic N) is 1. The van der Waals surface area contributed by atoms with Gasteiger partial charge in [0.05, 0.1) is 6.04 Å². The normalized spacial score (nSPS) is 18.5. The molecule has 0 aromatic carbocycles. The summed E-state index contributed by atoms with van der Waals surface area (Å²) in [5.41, 5.74) is 5.95. The van der Waals surface area contributed by atoms with E-state index in [9.17, 15) is 29.1 Å². The summed E-state index contributed by atoms with van der Waals surface area (Å²) in [6, 6.07) is -3.86. The molecule has 0 bridgehead atoms. The van der Waals surface area contributed by atoms with Crippen LogP contribution in [0.3, 0.4) is 0 Å². The second-order valence-corrected chi connectivity index (χ2v) is 9.59. The molecule has 0 aromatic heterocycles. The fourth-order valence-corrected chi connectivity index (χ4v) is 4.15. The highest BCUT2D eigenvalue weighted by atomic mass is 32.2. The van der Waals surface area contributed by atoms with Crippen molar-refractivity contribution >= 4 is 41.4 Å². The van der Waals surface area contributed by atoms with Crippen molar-refractivity contribution in [3.63, 3.8) is 0 Å². The lowest BCUT2D eigenvalue weighted by molar-refractivity contribution is -0.145. The van der Waals surface area contributed by atoms with Gasteiger partial charge in [0.15, 0.2) is 0 Å². The van der Waals surface area contributed by atoms with Crippen LogP contribution in [-0.4, -0.2) is 87.5 Å². The van der Waals surface area contributed by atoms with Gasteiger partial charge in [0.2, 0.25) is 17.7 Å². The van der Waals surface area contributed by atoms with Crippen molar-refractivity contribution in [1.82, 2.24) is 15.5 Å². The molecule has 6 N–H and O–H groups in total. The summed E-state index contributed by atoms with van der Waals surface area (Å²) in [5.74, 6) is -3.18. The van der Waals surface area contributed by atoms with Crippen LogP contribution in [0.2, 0.25) is 0 Å².